The number of anilines is 1. The number of morpholine rings is 1. The van der Waals surface area contributed by atoms with E-state index in [0.29, 0.717) is 37.6 Å². The number of nitrogens with zero attached hydrogens (tertiary/aromatic N) is 1. The second-order valence-electron chi connectivity index (χ2n) is 7.31. The maximum Gasteiger partial charge on any atom is 0.254 e. The fraction of sp³-hybridized carbons (Fsp3) is 0.292. The van der Waals surface area contributed by atoms with Crippen molar-refractivity contribution in [3.8, 4) is 5.75 Å². The Bertz CT molecular complexity index is 981. The summed E-state index contributed by atoms with van der Waals surface area (Å²) in [6.45, 7) is 3.72. The van der Waals surface area contributed by atoms with Crippen molar-refractivity contribution < 1.29 is 23.9 Å². The summed E-state index contributed by atoms with van der Waals surface area (Å²) in [5, 5.41) is 5.37. The molecule has 3 amide bonds. The molecule has 8 heteroatoms. The van der Waals surface area contributed by atoms with Crippen LogP contribution >= 0.6 is 0 Å². The molecule has 1 fully saturated rings. The average Bonchev–Trinajstić information content (AvgIpc) is 2.83. The molecule has 1 unspecified atom stereocenters. The van der Waals surface area contributed by atoms with Gasteiger partial charge in [-0.05, 0) is 48.9 Å². The Labute approximate surface area is 187 Å². The fourth-order valence-electron chi connectivity index (χ4n) is 3.14. The number of benzene rings is 2. The number of nitrogens with one attached hydrogen (secondary N) is 2. The number of hydrogen-bond donors (Lipinski definition) is 2. The average molecular weight is 437 g/mol. The molecule has 0 aliphatic carbocycles. The van der Waals surface area contributed by atoms with E-state index in [1.54, 1.807) is 61.4 Å². The lowest BCUT2D eigenvalue weighted by atomic mass is 10.1. The van der Waals surface area contributed by atoms with E-state index >= 15 is 0 Å². The normalized spacial score (nSPS) is 14.6. The lowest BCUT2D eigenvalue weighted by molar-refractivity contribution is -0.123. The van der Waals surface area contributed by atoms with Gasteiger partial charge < -0.3 is 25.0 Å². The molecular weight excluding hydrogens is 410 g/mol. The van der Waals surface area contributed by atoms with E-state index in [9.17, 15) is 14.4 Å². The van der Waals surface area contributed by atoms with Crippen LogP contribution in [0.1, 0.15) is 22.8 Å². The van der Waals surface area contributed by atoms with Crippen LogP contribution < -0.4 is 15.4 Å². The van der Waals surface area contributed by atoms with E-state index in [2.05, 4.69) is 10.6 Å². The smallest absolute Gasteiger partial charge is 0.254 e. The van der Waals surface area contributed by atoms with Gasteiger partial charge in [-0.3, -0.25) is 14.4 Å². The fourth-order valence-corrected chi connectivity index (χ4v) is 3.14. The van der Waals surface area contributed by atoms with Crippen LogP contribution in [0.4, 0.5) is 5.69 Å². The van der Waals surface area contributed by atoms with Gasteiger partial charge in [0.25, 0.3) is 5.91 Å². The molecule has 0 spiro atoms. The van der Waals surface area contributed by atoms with Gasteiger partial charge in [0, 0.05) is 30.4 Å². The number of hydrogen-bond acceptors (Lipinski definition) is 5. The SMILES string of the molecule is COc1ccc(/C=C/C(=O)NC(C)C(=O)Nc2cccc(C(=O)N3CCOCC3)c2)cc1. The second kappa shape index (κ2) is 11.1. The number of methoxy groups -OCH3 is 1. The standard InChI is InChI=1S/C24H27N3O5/c1-17(25-22(28)11-8-18-6-9-21(31-2)10-7-18)23(29)26-20-5-3-4-19(16-20)24(30)27-12-14-32-15-13-27/h3-11,16-17H,12-15H2,1-2H3,(H,25,28)(H,26,29)/b11-8+. The molecule has 1 aliphatic heterocycles. The Morgan fingerprint density at radius 3 is 2.50 bits per heavy atom. The van der Waals surface area contributed by atoms with Crippen LogP contribution in [-0.2, 0) is 14.3 Å². The highest BCUT2D eigenvalue weighted by molar-refractivity contribution is 6.01. The van der Waals surface area contributed by atoms with Crippen LogP contribution in [0, 0.1) is 0 Å². The van der Waals surface area contributed by atoms with Gasteiger partial charge in [0.1, 0.15) is 11.8 Å². The van der Waals surface area contributed by atoms with Gasteiger partial charge in [-0.2, -0.15) is 0 Å². The van der Waals surface area contributed by atoms with Crippen LogP contribution in [0.3, 0.4) is 0 Å². The van der Waals surface area contributed by atoms with Crippen LogP contribution in [0.5, 0.6) is 5.75 Å². The third-order valence-corrected chi connectivity index (χ3v) is 4.97. The Balaban J connectivity index is 1.53. The zero-order chi connectivity index (χ0) is 22.9. The Kier molecular flexibility index (Phi) is 7.99. The lowest BCUT2D eigenvalue weighted by Gasteiger charge is -2.27. The predicted molar refractivity (Wildman–Crippen MR) is 121 cm³/mol. The largest absolute Gasteiger partial charge is 0.497 e. The van der Waals surface area contributed by atoms with E-state index in [-0.39, 0.29) is 17.7 Å². The van der Waals surface area contributed by atoms with Crippen LogP contribution in [0.15, 0.2) is 54.6 Å². The van der Waals surface area contributed by atoms with Crippen LogP contribution in [0.2, 0.25) is 0 Å². The van der Waals surface area contributed by atoms with Crippen molar-refractivity contribution in [3.05, 3.63) is 65.7 Å². The molecule has 1 saturated heterocycles. The zero-order valence-corrected chi connectivity index (χ0v) is 18.2. The molecule has 0 radical (unpaired) electrons. The summed E-state index contributed by atoms with van der Waals surface area (Å²) in [5.41, 5.74) is 1.81. The van der Waals surface area contributed by atoms with Gasteiger partial charge in [0.15, 0.2) is 0 Å². The van der Waals surface area contributed by atoms with Crippen molar-refractivity contribution in [3.63, 3.8) is 0 Å². The summed E-state index contributed by atoms with van der Waals surface area (Å²) < 4.78 is 10.4. The highest BCUT2D eigenvalue weighted by Crippen LogP contribution is 2.15. The maximum absolute atomic E-state index is 12.6. The molecule has 2 N–H and O–H groups in total. The topological polar surface area (TPSA) is 97.0 Å². The molecule has 2 aromatic carbocycles. The van der Waals surface area contributed by atoms with E-state index in [1.807, 2.05) is 12.1 Å². The number of ether oxygens (including phenoxy) is 2. The molecule has 168 valence electrons. The molecule has 3 rings (SSSR count). The first kappa shape index (κ1) is 23.0. The van der Waals surface area contributed by atoms with E-state index in [4.69, 9.17) is 9.47 Å². The number of carbonyl (C=O) groups excluding carboxylic acids is 3. The Morgan fingerprint density at radius 1 is 1.09 bits per heavy atom. The van der Waals surface area contributed by atoms with E-state index in [1.165, 1.54) is 6.08 Å². The molecule has 8 nitrogen and oxygen atoms in total. The van der Waals surface area contributed by atoms with Gasteiger partial charge in [0.2, 0.25) is 11.8 Å². The third-order valence-electron chi connectivity index (χ3n) is 4.97. The lowest BCUT2D eigenvalue weighted by Crippen LogP contribution is -2.41. The Morgan fingerprint density at radius 2 is 1.81 bits per heavy atom. The number of amides is 3. The summed E-state index contributed by atoms with van der Waals surface area (Å²) in [6.07, 6.45) is 3.02. The minimum Gasteiger partial charge on any atom is -0.497 e. The van der Waals surface area contributed by atoms with Crippen molar-refractivity contribution in [1.29, 1.82) is 0 Å². The van der Waals surface area contributed by atoms with Crippen LogP contribution in [-0.4, -0.2) is 62.1 Å². The first-order valence-electron chi connectivity index (χ1n) is 10.4. The highest BCUT2D eigenvalue weighted by Gasteiger charge is 2.19. The highest BCUT2D eigenvalue weighted by atomic mass is 16.5. The monoisotopic (exact) mass is 437 g/mol. The summed E-state index contributed by atoms with van der Waals surface area (Å²) in [5.74, 6) is -0.145. The van der Waals surface area contributed by atoms with Crippen molar-refractivity contribution in [1.82, 2.24) is 10.2 Å². The van der Waals surface area contributed by atoms with Crippen molar-refractivity contribution in [2.75, 3.05) is 38.7 Å². The first-order chi connectivity index (χ1) is 15.5. The van der Waals surface area contributed by atoms with Crippen molar-refractivity contribution in [2.24, 2.45) is 0 Å². The van der Waals surface area contributed by atoms with Crippen molar-refractivity contribution >= 4 is 29.5 Å². The molecule has 1 aliphatic rings. The maximum atomic E-state index is 12.6. The zero-order valence-electron chi connectivity index (χ0n) is 18.2. The minimum absolute atomic E-state index is 0.102. The Hall–Kier alpha value is -3.65. The summed E-state index contributed by atoms with van der Waals surface area (Å²) in [6, 6.07) is 13.2. The first-order valence-corrected chi connectivity index (χ1v) is 10.4. The number of carbonyl (C=O) groups is 3. The van der Waals surface area contributed by atoms with Gasteiger partial charge in [-0.1, -0.05) is 18.2 Å². The molecule has 2 aromatic rings. The summed E-state index contributed by atoms with van der Waals surface area (Å²) in [4.78, 5) is 39.0. The molecule has 0 saturated carbocycles. The summed E-state index contributed by atoms with van der Waals surface area (Å²) in [7, 11) is 1.59. The minimum atomic E-state index is -0.762. The van der Waals surface area contributed by atoms with Crippen molar-refractivity contribution in [2.45, 2.75) is 13.0 Å². The predicted octanol–water partition coefficient (Wildman–Crippen LogP) is 2.32. The van der Waals surface area contributed by atoms with E-state index in [0.717, 1.165) is 11.3 Å². The van der Waals surface area contributed by atoms with Gasteiger partial charge in [-0.25, -0.2) is 0 Å². The third kappa shape index (κ3) is 6.42. The summed E-state index contributed by atoms with van der Waals surface area (Å²) >= 11 is 0. The van der Waals surface area contributed by atoms with E-state index < -0.39 is 6.04 Å². The molecular formula is C24H27N3O5. The molecule has 32 heavy (non-hydrogen) atoms. The second-order valence-corrected chi connectivity index (χ2v) is 7.31. The quantitative estimate of drug-likeness (QED) is 0.648. The number of rotatable bonds is 7. The molecule has 1 heterocycles. The van der Waals surface area contributed by atoms with Crippen LogP contribution in [0.25, 0.3) is 6.08 Å². The molecule has 0 bridgehead atoms. The molecule has 0 aromatic heterocycles. The van der Waals surface area contributed by atoms with Gasteiger partial charge in [0.05, 0.1) is 20.3 Å². The van der Waals surface area contributed by atoms with Gasteiger partial charge in [-0.15, -0.1) is 0 Å². The molecule has 1 atom stereocenters. The van der Waals surface area contributed by atoms with Gasteiger partial charge >= 0.3 is 0 Å².